The van der Waals surface area contributed by atoms with E-state index in [1.807, 2.05) is 0 Å². The van der Waals surface area contributed by atoms with Crippen molar-refractivity contribution in [3.63, 3.8) is 0 Å². The van der Waals surface area contributed by atoms with E-state index in [2.05, 4.69) is 4.98 Å². The van der Waals surface area contributed by atoms with E-state index in [0.717, 1.165) is 4.88 Å². The van der Waals surface area contributed by atoms with Gasteiger partial charge in [-0.1, -0.05) is 29.3 Å². The van der Waals surface area contributed by atoms with Crippen molar-refractivity contribution in [2.24, 2.45) is 0 Å². The SMILES string of the molecule is O=C1C(=O)N(Cc2cnc(Cl)s2)c2cccc(Cl)c21. The van der Waals surface area contributed by atoms with Crippen molar-refractivity contribution in [2.45, 2.75) is 6.54 Å². The van der Waals surface area contributed by atoms with Crippen LogP contribution in [0.1, 0.15) is 15.2 Å². The van der Waals surface area contributed by atoms with Crippen LogP contribution in [0.3, 0.4) is 0 Å². The molecule has 0 spiro atoms. The Bertz CT molecular complexity index is 699. The lowest BCUT2D eigenvalue weighted by atomic mass is 10.1. The zero-order valence-corrected chi connectivity index (χ0v) is 11.7. The van der Waals surface area contributed by atoms with E-state index in [0.29, 0.717) is 15.2 Å². The van der Waals surface area contributed by atoms with Gasteiger partial charge >= 0.3 is 0 Å². The predicted molar refractivity (Wildman–Crippen MR) is 74.1 cm³/mol. The third-order valence-electron chi connectivity index (χ3n) is 2.79. The quantitative estimate of drug-likeness (QED) is 0.800. The van der Waals surface area contributed by atoms with Gasteiger partial charge in [-0.2, -0.15) is 0 Å². The number of amides is 1. The number of benzene rings is 1. The first-order valence-corrected chi connectivity index (χ1v) is 6.90. The van der Waals surface area contributed by atoms with Crippen LogP contribution in [0.25, 0.3) is 0 Å². The predicted octanol–water partition coefficient (Wildman–Crippen LogP) is 3.18. The van der Waals surface area contributed by atoms with Crippen LogP contribution in [-0.2, 0) is 11.3 Å². The molecule has 19 heavy (non-hydrogen) atoms. The summed E-state index contributed by atoms with van der Waals surface area (Å²) in [7, 11) is 0. The third-order valence-corrected chi connectivity index (χ3v) is 4.20. The number of halogens is 2. The van der Waals surface area contributed by atoms with E-state index in [9.17, 15) is 9.59 Å². The highest BCUT2D eigenvalue weighted by molar-refractivity contribution is 7.15. The number of nitrogens with zero attached hydrogens (tertiary/aromatic N) is 2. The number of hydrogen-bond donors (Lipinski definition) is 0. The van der Waals surface area contributed by atoms with Gasteiger partial charge < -0.3 is 0 Å². The molecule has 0 saturated carbocycles. The van der Waals surface area contributed by atoms with Gasteiger partial charge in [0.05, 0.1) is 22.8 Å². The number of hydrogen-bond acceptors (Lipinski definition) is 4. The Kier molecular flexibility index (Phi) is 3.05. The largest absolute Gasteiger partial charge is 0.299 e. The second-order valence-corrected chi connectivity index (χ2v) is 6.04. The van der Waals surface area contributed by atoms with Crippen molar-refractivity contribution in [1.82, 2.24) is 4.98 Å². The molecule has 1 aliphatic heterocycles. The standard InChI is InChI=1S/C12H6Cl2N2O2S/c13-7-2-1-3-8-9(7)10(17)11(18)16(8)5-6-4-15-12(14)19-6/h1-4H,5H2. The first-order chi connectivity index (χ1) is 9.08. The molecule has 0 saturated heterocycles. The highest BCUT2D eigenvalue weighted by Crippen LogP contribution is 2.35. The molecule has 0 bridgehead atoms. The number of fused-ring (bicyclic) bond motifs is 1. The van der Waals surface area contributed by atoms with Gasteiger partial charge in [0.15, 0.2) is 4.47 Å². The molecule has 3 rings (SSSR count). The highest BCUT2D eigenvalue weighted by atomic mass is 35.5. The molecule has 0 radical (unpaired) electrons. The van der Waals surface area contributed by atoms with Gasteiger partial charge in [0, 0.05) is 11.1 Å². The highest BCUT2D eigenvalue weighted by Gasteiger charge is 2.37. The Morgan fingerprint density at radius 2 is 2.05 bits per heavy atom. The summed E-state index contributed by atoms with van der Waals surface area (Å²) in [5.41, 5.74) is 0.803. The van der Waals surface area contributed by atoms with Crippen molar-refractivity contribution in [1.29, 1.82) is 0 Å². The van der Waals surface area contributed by atoms with E-state index in [-0.39, 0.29) is 12.1 Å². The van der Waals surface area contributed by atoms with Gasteiger partial charge in [0.1, 0.15) is 0 Å². The van der Waals surface area contributed by atoms with Crippen molar-refractivity contribution in [2.75, 3.05) is 4.90 Å². The molecule has 2 heterocycles. The summed E-state index contributed by atoms with van der Waals surface area (Å²) in [6.07, 6.45) is 1.59. The molecule has 1 aromatic carbocycles. The molecule has 96 valence electrons. The number of carbonyl (C=O) groups is 2. The lowest BCUT2D eigenvalue weighted by Crippen LogP contribution is -2.28. The Hall–Kier alpha value is -1.43. The summed E-state index contributed by atoms with van der Waals surface area (Å²) in [4.78, 5) is 30.0. The summed E-state index contributed by atoms with van der Waals surface area (Å²) in [6, 6.07) is 5.00. The average molecular weight is 313 g/mol. The van der Waals surface area contributed by atoms with Crippen LogP contribution in [0.2, 0.25) is 9.49 Å². The van der Waals surface area contributed by atoms with Crippen molar-refractivity contribution >= 4 is 51.9 Å². The lowest BCUT2D eigenvalue weighted by molar-refractivity contribution is -0.114. The Labute approximate surface area is 122 Å². The zero-order valence-electron chi connectivity index (χ0n) is 9.39. The van der Waals surface area contributed by atoms with Crippen LogP contribution in [0, 0.1) is 0 Å². The fourth-order valence-corrected chi connectivity index (χ4v) is 3.19. The van der Waals surface area contributed by atoms with Gasteiger partial charge in [0.25, 0.3) is 11.7 Å². The summed E-state index contributed by atoms with van der Waals surface area (Å²) < 4.78 is 0.402. The maximum atomic E-state index is 12.0. The summed E-state index contributed by atoms with van der Waals surface area (Å²) in [6.45, 7) is 0.266. The molecular weight excluding hydrogens is 307 g/mol. The van der Waals surface area contributed by atoms with Crippen LogP contribution in [-0.4, -0.2) is 16.7 Å². The number of aromatic nitrogens is 1. The Balaban J connectivity index is 2.02. The second kappa shape index (κ2) is 4.59. The summed E-state index contributed by atoms with van der Waals surface area (Å²) in [5, 5.41) is 0.292. The molecule has 7 heteroatoms. The number of rotatable bonds is 2. The Morgan fingerprint density at radius 3 is 2.74 bits per heavy atom. The van der Waals surface area contributed by atoms with Gasteiger partial charge in [-0.3, -0.25) is 14.5 Å². The fraction of sp³-hybridized carbons (Fsp3) is 0.0833. The van der Waals surface area contributed by atoms with Gasteiger partial charge in [-0.25, -0.2) is 4.98 Å². The minimum absolute atomic E-state index is 0.266. The van der Waals surface area contributed by atoms with Crippen LogP contribution in [0.5, 0.6) is 0 Å². The average Bonchev–Trinajstić information content (AvgIpc) is 2.88. The van der Waals surface area contributed by atoms with E-state index in [1.54, 1.807) is 24.4 Å². The van der Waals surface area contributed by atoms with Gasteiger partial charge in [0.2, 0.25) is 0 Å². The molecule has 0 atom stereocenters. The Morgan fingerprint density at radius 1 is 1.26 bits per heavy atom. The molecule has 4 nitrogen and oxygen atoms in total. The van der Waals surface area contributed by atoms with Crippen LogP contribution in [0.15, 0.2) is 24.4 Å². The maximum Gasteiger partial charge on any atom is 0.299 e. The monoisotopic (exact) mass is 312 g/mol. The van der Waals surface area contributed by atoms with Crippen molar-refractivity contribution < 1.29 is 9.59 Å². The topological polar surface area (TPSA) is 50.3 Å². The van der Waals surface area contributed by atoms with E-state index in [4.69, 9.17) is 23.2 Å². The molecule has 0 aliphatic carbocycles. The third kappa shape index (κ3) is 2.04. The van der Waals surface area contributed by atoms with Crippen LogP contribution >= 0.6 is 34.5 Å². The minimum Gasteiger partial charge on any atom is -0.299 e. The van der Waals surface area contributed by atoms with Crippen LogP contribution < -0.4 is 4.90 Å². The first kappa shape index (κ1) is 12.6. The molecule has 0 N–H and O–H groups in total. The number of anilines is 1. The van der Waals surface area contributed by atoms with E-state index in [1.165, 1.54) is 16.2 Å². The lowest BCUT2D eigenvalue weighted by Gasteiger charge is -2.14. The van der Waals surface area contributed by atoms with E-state index < -0.39 is 11.7 Å². The number of thiazole rings is 1. The summed E-state index contributed by atoms with van der Waals surface area (Å²) >= 11 is 13.0. The number of ketones is 1. The van der Waals surface area contributed by atoms with Crippen molar-refractivity contribution in [3.05, 3.63) is 44.3 Å². The van der Waals surface area contributed by atoms with Crippen molar-refractivity contribution in [3.8, 4) is 0 Å². The molecule has 0 fully saturated rings. The maximum absolute atomic E-state index is 12.0. The molecular formula is C12H6Cl2N2O2S. The fourth-order valence-electron chi connectivity index (χ4n) is 1.97. The molecule has 1 aromatic heterocycles. The van der Waals surface area contributed by atoms with Crippen LogP contribution in [0.4, 0.5) is 5.69 Å². The normalized spacial score (nSPS) is 14.1. The second-order valence-electron chi connectivity index (χ2n) is 3.93. The zero-order chi connectivity index (χ0) is 13.6. The first-order valence-electron chi connectivity index (χ1n) is 5.33. The minimum atomic E-state index is -0.576. The van der Waals surface area contributed by atoms with E-state index >= 15 is 0 Å². The number of Topliss-reactive ketones (excluding diaryl/α,β-unsaturated/α-hetero) is 1. The summed E-state index contributed by atoms with van der Waals surface area (Å²) in [5.74, 6) is -1.15. The van der Waals surface area contributed by atoms with Gasteiger partial charge in [-0.15, -0.1) is 11.3 Å². The molecule has 1 aliphatic rings. The van der Waals surface area contributed by atoms with Gasteiger partial charge in [-0.05, 0) is 12.1 Å². The number of carbonyl (C=O) groups excluding carboxylic acids is 2. The molecule has 1 amide bonds. The smallest absolute Gasteiger partial charge is 0.299 e. The molecule has 0 unspecified atom stereocenters. The molecule has 2 aromatic rings.